The number of hydrogen-bond acceptors (Lipinski definition) is 3. The molecular weight excluding hydrogens is 180 g/mol. The highest BCUT2D eigenvalue weighted by atomic mass is 32.1. The van der Waals surface area contributed by atoms with Crippen LogP contribution in [0.3, 0.4) is 0 Å². The first kappa shape index (κ1) is 10.7. The fraction of sp³-hybridized carbons (Fsp3) is 0.700. The molecule has 0 atom stereocenters. The summed E-state index contributed by atoms with van der Waals surface area (Å²) >= 11 is 1.65. The van der Waals surface area contributed by atoms with Gasteiger partial charge in [0.15, 0.2) is 0 Å². The first-order valence-electron chi connectivity index (χ1n) is 4.46. The van der Waals surface area contributed by atoms with Gasteiger partial charge in [-0.3, -0.25) is 0 Å². The molecule has 0 radical (unpaired) electrons. The minimum atomic E-state index is -0.311. The van der Waals surface area contributed by atoms with E-state index in [1.54, 1.807) is 11.3 Å². The molecule has 0 unspecified atom stereocenters. The van der Waals surface area contributed by atoms with Crippen molar-refractivity contribution in [3.63, 3.8) is 0 Å². The molecule has 0 aromatic carbocycles. The fourth-order valence-corrected chi connectivity index (χ4v) is 2.00. The quantitative estimate of drug-likeness (QED) is 0.753. The molecule has 3 heteroatoms. The Kier molecular flexibility index (Phi) is 2.52. The molecule has 74 valence electrons. The van der Waals surface area contributed by atoms with Crippen LogP contribution in [0.15, 0.2) is 5.38 Å². The number of thiazole rings is 1. The van der Waals surface area contributed by atoms with Gasteiger partial charge in [-0.2, -0.15) is 0 Å². The lowest BCUT2D eigenvalue weighted by Gasteiger charge is -2.17. The monoisotopic (exact) mass is 198 g/mol. The van der Waals surface area contributed by atoms with Crippen LogP contribution in [0, 0.1) is 0 Å². The number of hydrogen-bond donors (Lipinski definition) is 1. The average molecular weight is 198 g/mol. The van der Waals surface area contributed by atoms with Crippen LogP contribution in [-0.2, 0) is 11.0 Å². The maximum atomic E-state index is 5.96. The van der Waals surface area contributed by atoms with Crippen LogP contribution in [0.2, 0.25) is 0 Å². The van der Waals surface area contributed by atoms with Crippen molar-refractivity contribution in [2.24, 2.45) is 5.73 Å². The summed E-state index contributed by atoms with van der Waals surface area (Å²) in [7, 11) is 0. The lowest BCUT2D eigenvalue weighted by Crippen LogP contribution is -2.28. The second-order valence-electron chi connectivity index (χ2n) is 5.01. The van der Waals surface area contributed by atoms with Gasteiger partial charge in [-0.1, -0.05) is 20.8 Å². The fourth-order valence-electron chi connectivity index (χ4n) is 0.914. The Balaban J connectivity index is 3.01. The molecule has 2 nitrogen and oxygen atoms in total. The van der Waals surface area contributed by atoms with Gasteiger partial charge in [0.25, 0.3) is 0 Å². The molecule has 0 saturated heterocycles. The topological polar surface area (TPSA) is 38.9 Å². The highest BCUT2D eigenvalue weighted by molar-refractivity contribution is 7.09. The maximum Gasteiger partial charge on any atom is 0.112 e. The van der Waals surface area contributed by atoms with Crippen molar-refractivity contribution in [3.8, 4) is 0 Å². The van der Waals surface area contributed by atoms with E-state index in [-0.39, 0.29) is 11.0 Å². The maximum absolute atomic E-state index is 5.96. The Bertz CT molecular complexity index is 260. The van der Waals surface area contributed by atoms with Crippen molar-refractivity contribution in [3.05, 3.63) is 16.1 Å². The van der Waals surface area contributed by atoms with Crippen molar-refractivity contribution >= 4 is 11.3 Å². The third-order valence-corrected chi connectivity index (χ3v) is 3.01. The summed E-state index contributed by atoms with van der Waals surface area (Å²) in [5.41, 5.74) is 6.91. The molecule has 0 amide bonds. The molecule has 13 heavy (non-hydrogen) atoms. The summed E-state index contributed by atoms with van der Waals surface area (Å²) in [5.74, 6) is 0. The van der Waals surface area contributed by atoms with Crippen molar-refractivity contribution in [2.45, 2.75) is 45.6 Å². The standard InChI is InChI=1S/C10H18N2S/c1-9(2,3)7-6-13-8(12-7)10(4,5)11/h6H,11H2,1-5H3. The molecule has 0 bridgehead atoms. The SMILES string of the molecule is CC(C)(C)c1csc(C(C)(C)N)n1. The Labute approximate surface area is 84.2 Å². The third-order valence-electron chi connectivity index (χ3n) is 1.82. The van der Waals surface area contributed by atoms with Gasteiger partial charge >= 0.3 is 0 Å². The van der Waals surface area contributed by atoms with E-state index in [0.29, 0.717) is 0 Å². The van der Waals surface area contributed by atoms with Crippen LogP contribution in [0.25, 0.3) is 0 Å². The molecule has 0 spiro atoms. The van der Waals surface area contributed by atoms with E-state index < -0.39 is 0 Å². The van der Waals surface area contributed by atoms with Crippen LogP contribution >= 0.6 is 11.3 Å². The number of nitrogens with two attached hydrogens (primary N) is 1. The Hall–Kier alpha value is -0.410. The zero-order chi connectivity index (χ0) is 10.3. The molecular formula is C10H18N2S. The minimum absolute atomic E-state index is 0.125. The number of nitrogens with zero attached hydrogens (tertiary/aromatic N) is 1. The summed E-state index contributed by atoms with van der Waals surface area (Å²) in [5, 5.41) is 3.11. The van der Waals surface area contributed by atoms with E-state index in [9.17, 15) is 0 Å². The van der Waals surface area contributed by atoms with Crippen LogP contribution in [0.5, 0.6) is 0 Å². The van der Waals surface area contributed by atoms with E-state index in [0.717, 1.165) is 10.7 Å². The van der Waals surface area contributed by atoms with Gasteiger partial charge in [-0.25, -0.2) is 4.98 Å². The second-order valence-corrected chi connectivity index (χ2v) is 5.87. The summed E-state index contributed by atoms with van der Waals surface area (Å²) in [6.07, 6.45) is 0. The largest absolute Gasteiger partial charge is 0.320 e. The zero-order valence-electron chi connectivity index (χ0n) is 9.01. The molecule has 1 rings (SSSR count). The van der Waals surface area contributed by atoms with Crippen molar-refractivity contribution < 1.29 is 0 Å². The van der Waals surface area contributed by atoms with Crippen LogP contribution in [0.4, 0.5) is 0 Å². The van der Waals surface area contributed by atoms with Gasteiger partial charge in [0.05, 0.1) is 11.2 Å². The van der Waals surface area contributed by atoms with Crippen molar-refractivity contribution in [1.82, 2.24) is 4.98 Å². The summed E-state index contributed by atoms with van der Waals surface area (Å²) in [4.78, 5) is 4.55. The molecule has 0 fully saturated rings. The Morgan fingerprint density at radius 2 is 1.77 bits per heavy atom. The van der Waals surface area contributed by atoms with E-state index in [1.165, 1.54) is 0 Å². The van der Waals surface area contributed by atoms with Crippen LogP contribution in [0.1, 0.15) is 45.3 Å². The van der Waals surface area contributed by atoms with E-state index in [4.69, 9.17) is 5.73 Å². The molecule has 0 aliphatic heterocycles. The third kappa shape index (κ3) is 2.51. The van der Waals surface area contributed by atoms with Gasteiger partial charge in [0.2, 0.25) is 0 Å². The van der Waals surface area contributed by atoms with Gasteiger partial charge in [-0.05, 0) is 13.8 Å². The molecule has 1 heterocycles. The van der Waals surface area contributed by atoms with Crippen molar-refractivity contribution in [2.75, 3.05) is 0 Å². The normalized spacial score (nSPS) is 13.4. The van der Waals surface area contributed by atoms with Gasteiger partial charge in [0, 0.05) is 10.8 Å². The summed E-state index contributed by atoms with van der Waals surface area (Å²) in [6.45, 7) is 10.5. The zero-order valence-corrected chi connectivity index (χ0v) is 9.83. The molecule has 1 aromatic rings. The number of rotatable bonds is 1. The highest BCUT2D eigenvalue weighted by Gasteiger charge is 2.23. The van der Waals surface area contributed by atoms with Crippen LogP contribution in [-0.4, -0.2) is 4.98 Å². The summed E-state index contributed by atoms with van der Waals surface area (Å²) in [6, 6.07) is 0. The molecule has 2 N–H and O–H groups in total. The van der Waals surface area contributed by atoms with Crippen molar-refractivity contribution in [1.29, 1.82) is 0 Å². The lowest BCUT2D eigenvalue weighted by atomic mass is 9.93. The van der Waals surface area contributed by atoms with E-state index in [2.05, 4.69) is 31.1 Å². The lowest BCUT2D eigenvalue weighted by molar-refractivity contribution is 0.529. The van der Waals surface area contributed by atoms with E-state index >= 15 is 0 Å². The molecule has 0 aliphatic carbocycles. The van der Waals surface area contributed by atoms with Crippen LogP contribution < -0.4 is 5.73 Å². The Morgan fingerprint density at radius 3 is 2.00 bits per heavy atom. The van der Waals surface area contributed by atoms with E-state index in [1.807, 2.05) is 13.8 Å². The number of aromatic nitrogens is 1. The highest BCUT2D eigenvalue weighted by Crippen LogP contribution is 2.27. The molecule has 0 saturated carbocycles. The average Bonchev–Trinajstić information content (AvgIpc) is 2.28. The summed E-state index contributed by atoms with van der Waals surface area (Å²) < 4.78 is 0. The molecule has 0 aliphatic rings. The van der Waals surface area contributed by atoms with Gasteiger partial charge in [-0.15, -0.1) is 11.3 Å². The minimum Gasteiger partial charge on any atom is -0.320 e. The predicted octanol–water partition coefficient (Wildman–Crippen LogP) is 2.63. The second kappa shape index (κ2) is 3.07. The van der Waals surface area contributed by atoms with Gasteiger partial charge in [0.1, 0.15) is 5.01 Å². The van der Waals surface area contributed by atoms with Gasteiger partial charge < -0.3 is 5.73 Å². The first-order valence-corrected chi connectivity index (χ1v) is 5.34. The smallest absolute Gasteiger partial charge is 0.112 e. The predicted molar refractivity (Wildman–Crippen MR) is 58.0 cm³/mol. The molecule has 1 aromatic heterocycles. The Morgan fingerprint density at radius 1 is 1.23 bits per heavy atom. The first-order chi connectivity index (χ1) is 5.71.